The zero-order valence-corrected chi connectivity index (χ0v) is 14.0. The first-order valence-corrected chi connectivity index (χ1v) is 7.76. The molecule has 0 bridgehead atoms. The minimum absolute atomic E-state index is 0.209. The third-order valence-electron chi connectivity index (χ3n) is 2.80. The summed E-state index contributed by atoms with van der Waals surface area (Å²) < 4.78 is 9.58. The van der Waals surface area contributed by atoms with Gasteiger partial charge in [0.25, 0.3) is 5.91 Å². The van der Waals surface area contributed by atoms with Crippen LogP contribution in [0.25, 0.3) is 0 Å². The van der Waals surface area contributed by atoms with E-state index in [9.17, 15) is 14.4 Å². The van der Waals surface area contributed by atoms with Gasteiger partial charge < -0.3 is 14.8 Å². The number of aryl methyl sites for hydroxylation is 1. The fourth-order valence-corrected chi connectivity index (χ4v) is 2.57. The molecule has 0 fully saturated rings. The molecule has 1 N–H and O–H groups in total. The molecular weight excluding hydrogens is 306 g/mol. The van der Waals surface area contributed by atoms with Crippen LogP contribution in [0, 0.1) is 12.8 Å². The number of methoxy groups -OCH3 is 1. The Balaban J connectivity index is 2.49. The highest BCUT2D eigenvalue weighted by Crippen LogP contribution is 2.15. The van der Waals surface area contributed by atoms with Gasteiger partial charge in [0.1, 0.15) is 10.9 Å². The highest BCUT2D eigenvalue weighted by atomic mass is 32.1. The molecule has 0 saturated carbocycles. The molecule has 122 valence electrons. The molecule has 0 unspecified atom stereocenters. The second-order valence-electron chi connectivity index (χ2n) is 5.26. The number of hydrogen-bond acceptors (Lipinski definition) is 6. The Hall–Kier alpha value is -1.89. The number of carbonyl (C=O) groups excluding carboxylic acids is 3. The number of thiophene rings is 1. The lowest BCUT2D eigenvalue weighted by Crippen LogP contribution is -2.44. The Kier molecular flexibility index (Phi) is 7.04. The van der Waals surface area contributed by atoms with Crippen LogP contribution in [0.2, 0.25) is 0 Å². The maximum atomic E-state index is 11.8. The van der Waals surface area contributed by atoms with Gasteiger partial charge in [-0.3, -0.25) is 4.79 Å². The lowest BCUT2D eigenvalue weighted by atomic mass is 10.0. The van der Waals surface area contributed by atoms with E-state index < -0.39 is 30.5 Å². The number of hydrogen-bond donors (Lipinski definition) is 1. The van der Waals surface area contributed by atoms with Crippen molar-refractivity contribution in [3.63, 3.8) is 0 Å². The van der Waals surface area contributed by atoms with Gasteiger partial charge in [-0.15, -0.1) is 11.3 Å². The van der Waals surface area contributed by atoms with E-state index in [2.05, 4.69) is 10.1 Å². The van der Waals surface area contributed by atoms with E-state index in [1.54, 1.807) is 12.1 Å². The molecule has 1 aromatic heterocycles. The molecule has 1 rings (SSSR count). The number of carbonyl (C=O) groups is 3. The third kappa shape index (κ3) is 5.85. The summed E-state index contributed by atoms with van der Waals surface area (Å²) in [5, 5.41) is 2.52. The summed E-state index contributed by atoms with van der Waals surface area (Å²) in [4.78, 5) is 36.6. The van der Waals surface area contributed by atoms with Crippen molar-refractivity contribution in [2.45, 2.75) is 33.2 Å². The van der Waals surface area contributed by atoms with Crippen LogP contribution in [0.15, 0.2) is 12.1 Å². The summed E-state index contributed by atoms with van der Waals surface area (Å²) in [5.41, 5.74) is 0. The summed E-state index contributed by atoms with van der Waals surface area (Å²) in [5.74, 6) is -1.38. The van der Waals surface area contributed by atoms with Gasteiger partial charge in [0.05, 0.1) is 7.11 Å². The Labute approximate surface area is 133 Å². The van der Waals surface area contributed by atoms with Gasteiger partial charge in [0.15, 0.2) is 6.61 Å². The molecule has 7 heteroatoms. The maximum absolute atomic E-state index is 11.8. The van der Waals surface area contributed by atoms with Crippen molar-refractivity contribution < 1.29 is 23.9 Å². The quantitative estimate of drug-likeness (QED) is 0.774. The van der Waals surface area contributed by atoms with Gasteiger partial charge in [-0.25, -0.2) is 9.59 Å². The molecule has 0 aliphatic carbocycles. The molecule has 0 spiro atoms. The predicted molar refractivity (Wildman–Crippen MR) is 82.7 cm³/mol. The maximum Gasteiger partial charge on any atom is 0.348 e. The van der Waals surface area contributed by atoms with Crippen LogP contribution in [-0.4, -0.2) is 37.6 Å². The van der Waals surface area contributed by atoms with E-state index in [-0.39, 0.29) is 5.92 Å². The average Bonchev–Trinajstić information content (AvgIpc) is 2.89. The highest BCUT2D eigenvalue weighted by Gasteiger charge is 2.23. The van der Waals surface area contributed by atoms with E-state index in [4.69, 9.17) is 4.74 Å². The Morgan fingerprint density at radius 1 is 1.27 bits per heavy atom. The van der Waals surface area contributed by atoms with Gasteiger partial charge in [0, 0.05) is 4.88 Å². The van der Waals surface area contributed by atoms with Crippen LogP contribution >= 0.6 is 11.3 Å². The summed E-state index contributed by atoms with van der Waals surface area (Å²) in [6.45, 7) is 5.31. The van der Waals surface area contributed by atoms with Gasteiger partial charge in [-0.1, -0.05) is 13.8 Å². The second-order valence-corrected chi connectivity index (χ2v) is 6.55. The summed E-state index contributed by atoms with van der Waals surface area (Å²) in [6, 6.07) is 2.72. The van der Waals surface area contributed by atoms with Crippen LogP contribution in [0.5, 0.6) is 0 Å². The summed E-state index contributed by atoms with van der Waals surface area (Å²) >= 11 is 1.30. The van der Waals surface area contributed by atoms with Crippen molar-refractivity contribution >= 4 is 29.2 Å². The number of amides is 1. The molecule has 1 heterocycles. The molecule has 0 aliphatic heterocycles. The van der Waals surface area contributed by atoms with Crippen molar-refractivity contribution in [2.24, 2.45) is 5.92 Å². The normalized spacial score (nSPS) is 11.9. The van der Waals surface area contributed by atoms with Crippen molar-refractivity contribution in [3.05, 3.63) is 21.9 Å². The first-order chi connectivity index (χ1) is 10.3. The van der Waals surface area contributed by atoms with Crippen molar-refractivity contribution in [1.82, 2.24) is 5.32 Å². The molecule has 6 nitrogen and oxygen atoms in total. The third-order valence-corrected chi connectivity index (χ3v) is 3.78. The summed E-state index contributed by atoms with van der Waals surface area (Å²) in [6.07, 6.45) is 0.455. The monoisotopic (exact) mass is 327 g/mol. The largest absolute Gasteiger partial charge is 0.467 e. The zero-order valence-electron chi connectivity index (χ0n) is 13.2. The van der Waals surface area contributed by atoms with Crippen LogP contribution in [0.4, 0.5) is 0 Å². The van der Waals surface area contributed by atoms with Crippen LogP contribution in [-0.2, 0) is 19.1 Å². The van der Waals surface area contributed by atoms with Crippen molar-refractivity contribution in [3.8, 4) is 0 Å². The topological polar surface area (TPSA) is 81.7 Å². The van der Waals surface area contributed by atoms with E-state index in [0.29, 0.717) is 11.3 Å². The van der Waals surface area contributed by atoms with Gasteiger partial charge in [-0.2, -0.15) is 0 Å². The molecule has 0 aliphatic rings. The van der Waals surface area contributed by atoms with Crippen LogP contribution < -0.4 is 5.32 Å². The Bertz CT molecular complexity index is 538. The zero-order chi connectivity index (χ0) is 16.7. The van der Waals surface area contributed by atoms with Crippen LogP contribution in [0.1, 0.15) is 34.8 Å². The highest BCUT2D eigenvalue weighted by molar-refractivity contribution is 7.13. The first-order valence-electron chi connectivity index (χ1n) is 6.94. The molecule has 22 heavy (non-hydrogen) atoms. The molecule has 0 radical (unpaired) electrons. The number of nitrogens with one attached hydrogen (secondary N) is 1. The van der Waals surface area contributed by atoms with Gasteiger partial charge >= 0.3 is 11.9 Å². The molecule has 0 saturated heterocycles. The fourth-order valence-electron chi connectivity index (χ4n) is 1.81. The number of ether oxygens (including phenoxy) is 2. The molecule has 1 aromatic rings. The SMILES string of the molecule is COC(=O)[C@H](CC(C)C)NC(=O)COC(=O)c1ccc(C)s1. The van der Waals surface area contributed by atoms with Gasteiger partial charge in [0.2, 0.25) is 0 Å². The lowest BCUT2D eigenvalue weighted by Gasteiger charge is -2.18. The predicted octanol–water partition coefficient (Wildman–Crippen LogP) is 1.92. The first kappa shape index (κ1) is 18.2. The van der Waals surface area contributed by atoms with E-state index in [0.717, 1.165) is 4.88 Å². The Morgan fingerprint density at radius 3 is 2.45 bits per heavy atom. The minimum Gasteiger partial charge on any atom is -0.467 e. The van der Waals surface area contributed by atoms with Crippen molar-refractivity contribution in [2.75, 3.05) is 13.7 Å². The molecule has 1 atom stereocenters. The Morgan fingerprint density at radius 2 is 1.95 bits per heavy atom. The van der Waals surface area contributed by atoms with E-state index in [1.807, 2.05) is 20.8 Å². The van der Waals surface area contributed by atoms with Crippen molar-refractivity contribution in [1.29, 1.82) is 0 Å². The standard InChI is InChI=1S/C15H21NO5S/c1-9(2)7-11(14(18)20-4)16-13(17)8-21-15(19)12-6-5-10(3)22-12/h5-6,9,11H,7-8H2,1-4H3,(H,16,17)/t11-/m0/s1. The smallest absolute Gasteiger partial charge is 0.348 e. The number of rotatable bonds is 7. The number of esters is 2. The summed E-state index contributed by atoms with van der Waals surface area (Å²) in [7, 11) is 1.26. The van der Waals surface area contributed by atoms with E-state index in [1.165, 1.54) is 18.4 Å². The van der Waals surface area contributed by atoms with E-state index >= 15 is 0 Å². The molecule has 1 amide bonds. The molecular formula is C15H21NO5S. The van der Waals surface area contributed by atoms with Crippen LogP contribution in [0.3, 0.4) is 0 Å². The second kappa shape index (κ2) is 8.53. The van der Waals surface area contributed by atoms with Gasteiger partial charge in [-0.05, 0) is 31.4 Å². The minimum atomic E-state index is -0.736. The molecule has 0 aromatic carbocycles. The average molecular weight is 327 g/mol. The fraction of sp³-hybridized carbons (Fsp3) is 0.533. The lowest BCUT2D eigenvalue weighted by molar-refractivity contribution is -0.145.